The first-order valence-corrected chi connectivity index (χ1v) is 6.27. The number of nitrogens with one attached hydrogen (secondary N) is 1. The minimum atomic E-state index is -4.61. The molecule has 1 amide bonds. The molecule has 1 N–H and O–H groups in total. The van der Waals surface area contributed by atoms with Crippen LogP contribution in [0.3, 0.4) is 0 Å². The minimum Gasteiger partial charge on any atom is -0.334 e. The van der Waals surface area contributed by atoms with Gasteiger partial charge in [-0.3, -0.25) is 4.79 Å². The Balaban J connectivity index is 2.16. The fraction of sp³-hybridized carbons (Fsp3) is 0.333. The maximum absolute atomic E-state index is 12.7. The molecule has 8 heteroatoms. The third kappa shape index (κ3) is 2.19. The quantitative estimate of drug-likeness (QED) is 0.859. The Morgan fingerprint density at radius 2 is 2.18 bits per heavy atom. The Kier molecular flexibility index (Phi) is 2.94. The van der Waals surface area contributed by atoms with Crippen LogP contribution in [0.2, 0.25) is 0 Å². The van der Waals surface area contributed by atoms with Crippen LogP contribution in [0, 0.1) is 0 Å². The van der Waals surface area contributed by atoms with Crippen LogP contribution < -0.4 is 5.32 Å². The zero-order valence-electron chi connectivity index (χ0n) is 8.54. The Hall–Kier alpha value is -1.02. The number of thiophene rings is 1. The highest BCUT2D eigenvalue weighted by molar-refractivity contribution is 8.16. The normalized spacial score (nSPS) is 24.9. The third-order valence-electron chi connectivity index (χ3n) is 2.23. The number of alkyl halides is 3. The van der Waals surface area contributed by atoms with Crippen LogP contribution in [0.5, 0.6) is 0 Å². The van der Waals surface area contributed by atoms with Gasteiger partial charge in [-0.2, -0.15) is 29.5 Å². The Bertz CT molecular complexity index is 469. The lowest BCUT2D eigenvalue weighted by Crippen LogP contribution is -2.43. The Labute approximate surface area is 103 Å². The van der Waals surface area contributed by atoms with Gasteiger partial charge in [0, 0.05) is 5.38 Å². The fourth-order valence-corrected chi connectivity index (χ4v) is 2.67. The van der Waals surface area contributed by atoms with E-state index in [1.54, 1.807) is 16.8 Å². The number of hydrogen-bond donors (Lipinski definition) is 1. The number of amidine groups is 1. The van der Waals surface area contributed by atoms with E-state index in [2.05, 4.69) is 10.3 Å². The molecular weight excluding hydrogens is 273 g/mol. The molecule has 1 aliphatic heterocycles. The van der Waals surface area contributed by atoms with Gasteiger partial charge in [0.2, 0.25) is 0 Å². The smallest absolute Gasteiger partial charge is 0.334 e. The lowest BCUT2D eigenvalue weighted by Gasteiger charge is -2.22. The maximum Gasteiger partial charge on any atom is 0.412 e. The van der Waals surface area contributed by atoms with Crippen molar-refractivity contribution >= 4 is 39.9 Å². The first-order chi connectivity index (χ1) is 7.83. The number of amides is 1. The Morgan fingerprint density at radius 3 is 2.65 bits per heavy atom. The van der Waals surface area contributed by atoms with Crippen molar-refractivity contribution in [3.8, 4) is 0 Å². The summed E-state index contributed by atoms with van der Waals surface area (Å²) < 4.78 is 35.6. The summed E-state index contributed by atoms with van der Waals surface area (Å²) in [5.41, 5.74) is 0.625. The van der Waals surface area contributed by atoms with Crippen molar-refractivity contribution in [3.05, 3.63) is 16.8 Å². The van der Waals surface area contributed by atoms with Crippen molar-refractivity contribution in [2.45, 2.75) is 17.8 Å². The van der Waals surface area contributed by atoms with E-state index in [1.165, 1.54) is 11.3 Å². The molecule has 3 nitrogen and oxygen atoms in total. The van der Waals surface area contributed by atoms with Gasteiger partial charge < -0.3 is 5.32 Å². The highest BCUT2D eigenvalue weighted by Crippen LogP contribution is 2.46. The van der Waals surface area contributed by atoms with E-state index in [-0.39, 0.29) is 5.17 Å². The van der Waals surface area contributed by atoms with Crippen LogP contribution in [0.1, 0.15) is 6.92 Å². The van der Waals surface area contributed by atoms with Crippen LogP contribution in [-0.2, 0) is 4.79 Å². The summed E-state index contributed by atoms with van der Waals surface area (Å²) in [5, 5.41) is 6.15. The monoisotopic (exact) mass is 280 g/mol. The van der Waals surface area contributed by atoms with Gasteiger partial charge in [0.05, 0.1) is 5.69 Å². The molecule has 0 saturated heterocycles. The minimum absolute atomic E-state index is 0.0202. The number of halogens is 3. The number of aliphatic imine (C=N–C) groups is 1. The predicted octanol–water partition coefficient (Wildman–Crippen LogP) is 3.11. The molecule has 1 aliphatic rings. The largest absolute Gasteiger partial charge is 0.412 e. The van der Waals surface area contributed by atoms with Crippen molar-refractivity contribution in [1.29, 1.82) is 0 Å². The van der Waals surface area contributed by atoms with Crippen LogP contribution in [0.4, 0.5) is 18.9 Å². The third-order valence-corrected chi connectivity index (χ3v) is 4.11. The molecule has 2 heterocycles. The first kappa shape index (κ1) is 12.4. The molecular formula is C9H7F3N2OS2. The van der Waals surface area contributed by atoms with Crippen LogP contribution in [0.25, 0.3) is 0 Å². The standard InChI is InChI=1S/C9H7F3N2OS2/c1-8(9(10,11)12)6(15)14-7(17-8)13-5-2-3-16-4-5/h2-4H,1H3,(H,13,14,15). The zero-order chi connectivity index (χ0) is 12.7. The van der Waals surface area contributed by atoms with Crippen LogP contribution in [0.15, 0.2) is 21.8 Å². The molecule has 0 saturated carbocycles. The molecule has 0 radical (unpaired) electrons. The highest BCUT2D eigenvalue weighted by atomic mass is 32.2. The number of thioether (sulfide) groups is 1. The lowest BCUT2D eigenvalue weighted by atomic mass is 10.1. The molecule has 1 unspecified atom stereocenters. The average Bonchev–Trinajstić information content (AvgIpc) is 2.76. The Morgan fingerprint density at radius 1 is 1.47 bits per heavy atom. The van der Waals surface area contributed by atoms with Gasteiger partial charge in [-0.25, -0.2) is 0 Å². The summed E-state index contributed by atoms with van der Waals surface area (Å²) in [7, 11) is 0. The molecule has 0 spiro atoms. The van der Waals surface area contributed by atoms with Crippen LogP contribution in [-0.4, -0.2) is 22.0 Å². The lowest BCUT2D eigenvalue weighted by molar-refractivity contribution is -0.165. The van der Waals surface area contributed by atoms with Crippen LogP contribution >= 0.6 is 23.1 Å². The summed E-state index contributed by atoms with van der Waals surface area (Å²) >= 11 is 1.79. The number of anilines is 1. The van der Waals surface area contributed by atoms with Gasteiger partial charge in [0.15, 0.2) is 9.91 Å². The number of hydrogen-bond acceptors (Lipinski definition) is 4. The number of carbonyl (C=O) groups is 1. The van der Waals surface area contributed by atoms with E-state index in [0.29, 0.717) is 17.4 Å². The van der Waals surface area contributed by atoms with Crippen molar-refractivity contribution in [3.63, 3.8) is 0 Å². The van der Waals surface area contributed by atoms with Gasteiger partial charge in [0.25, 0.3) is 5.91 Å². The van der Waals surface area contributed by atoms with E-state index < -0.39 is 16.8 Å². The molecule has 1 atom stereocenters. The number of carbonyl (C=O) groups excluding carboxylic acids is 1. The summed E-state index contributed by atoms with van der Waals surface area (Å²) in [6, 6.07) is 1.70. The molecule has 0 aromatic carbocycles. The second-order valence-corrected chi connectivity index (χ2v) is 5.68. The van der Waals surface area contributed by atoms with Gasteiger partial charge in [-0.1, -0.05) is 11.8 Å². The van der Waals surface area contributed by atoms with Gasteiger partial charge in [-0.05, 0) is 18.4 Å². The number of rotatable bonds is 1. The van der Waals surface area contributed by atoms with Crippen molar-refractivity contribution in [2.75, 3.05) is 5.32 Å². The summed E-state index contributed by atoms with van der Waals surface area (Å²) in [6.07, 6.45) is -4.61. The van der Waals surface area contributed by atoms with Gasteiger partial charge in [0.1, 0.15) is 0 Å². The number of nitrogens with zero attached hydrogens (tertiary/aromatic N) is 1. The first-order valence-electron chi connectivity index (χ1n) is 4.51. The second kappa shape index (κ2) is 4.02. The highest BCUT2D eigenvalue weighted by Gasteiger charge is 2.61. The van der Waals surface area contributed by atoms with Crippen molar-refractivity contribution < 1.29 is 18.0 Å². The van der Waals surface area contributed by atoms with Crippen molar-refractivity contribution in [2.24, 2.45) is 4.99 Å². The molecule has 1 aromatic rings. The molecule has 0 aliphatic carbocycles. The van der Waals surface area contributed by atoms with E-state index in [4.69, 9.17) is 0 Å². The molecule has 1 aromatic heterocycles. The van der Waals surface area contributed by atoms with E-state index in [0.717, 1.165) is 6.92 Å². The molecule has 0 fully saturated rings. The van der Waals surface area contributed by atoms with Gasteiger partial charge >= 0.3 is 6.18 Å². The summed E-state index contributed by atoms with van der Waals surface area (Å²) in [4.78, 5) is 14.7. The summed E-state index contributed by atoms with van der Waals surface area (Å²) in [5.74, 6) is -1.17. The molecule has 17 heavy (non-hydrogen) atoms. The molecule has 2 rings (SSSR count). The van der Waals surface area contributed by atoms with E-state index >= 15 is 0 Å². The summed E-state index contributed by atoms with van der Waals surface area (Å²) in [6.45, 7) is 0.839. The fourth-order valence-electron chi connectivity index (χ4n) is 1.15. The molecule has 92 valence electrons. The van der Waals surface area contributed by atoms with E-state index in [9.17, 15) is 18.0 Å². The molecule has 0 bridgehead atoms. The van der Waals surface area contributed by atoms with E-state index in [1.807, 2.05) is 0 Å². The second-order valence-electron chi connectivity index (χ2n) is 3.49. The zero-order valence-corrected chi connectivity index (χ0v) is 10.2. The maximum atomic E-state index is 12.7. The SMILES string of the molecule is CC1(C(F)(F)F)SC(Nc2ccsc2)=NC1=O. The van der Waals surface area contributed by atoms with Gasteiger partial charge in [-0.15, -0.1) is 0 Å². The topological polar surface area (TPSA) is 41.5 Å². The van der Waals surface area contributed by atoms with Crippen molar-refractivity contribution in [1.82, 2.24) is 0 Å². The average molecular weight is 280 g/mol. The predicted molar refractivity (Wildman–Crippen MR) is 62.4 cm³/mol.